The van der Waals surface area contributed by atoms with Gasteiger partial charge in [-0.2, -0.15) is 4.31 Å². The Hall–Kier alpha value is -0.430. The maximum Gasteiger partial charge on any atom is 0.253 e. The highest BCUT2D eigenvalue weighted by Crippen LogP contribution is 2.34. The van der Waals surface area contributed by atoms with Gasteiger partial charge in [0.15, 0.2) is 0 Å². The summed E-state index contributed by atoms with van der Waals surface area (Å²) in [7, 11) is -3.33. The molecule has 1 fully saturated rings. The van der Waals surface area contributed by atoms with Gasteiger partial charge in [0, 0.05) is 18.6 Å². The minimum absolute atomic E-state index is 0.115. The Labute approximate surface area is 132 Å². The van der Waals surface area contributed by atoms with E-state index in [-0.39, 0.29) is 12.1 Å². The zero-order valence-electron chi connectivity index (χ0n) is 13.1. The van der Waals surface area contributed by atoms with Crippen molar-refractivity contribution < 1.29 is 8.42 Å². The molecule has 0 spiro atoms. The van der Waals surface area contributed by atoms with Gasteiger partial charge in [0.25, 0.3) is 10.0 Å². The van der Waals surface area contributed by atoms with Crippen LogP contribution in [0.3, 0.4) is 0 Å². The van der Waals surface area contributed by atoms with Crippen molar-refractivity contribution in [1.82, 2.24) is 9.62 Å². The summed E-state index contributed by atoms with van der Waals surface area (Å²) in [6.45, 7) is 7.91. The average Bonchev–Trinajstić information content (AvgIpc) is 3.06. The first-order chi connectivity index (χ1) is 10.0. The van der Waals surface area contributed by atoms with E-state index in [0.717, 1.165) is 44.3 Å². The largest absolute Gasteiger partial charge is 0.313 e. The second-order valence-electron chi connectivity index (χ2n) is 5.77. The number of hydrogen-bond donors (Lipinski definition) is 1. The highest BCUT2D eigenvalue weighted by Gasteiger charge is 2.39. The fraction of sp³-hybridized carbons (Fsp3) is 0.733. The van der Waals surface area contributed by atoms with E-state index in [0.29, 0.717) is 4.21 Å². The number of rotatable bonds is 7. The summed E-state index contributed by atoms with van der Waals surface area (Å²) in [5, 5.41) is 5.27. The standard InChI is InChI=1S/C15H26N2O2S2/c1-4-8-16-10-13-9-15(20-11-13)21(18,19)17-12(3)6-7-14(17)5-2/h9,11-12,14,16H,4-8,10H2,1-3H3. The molecule has 21 heavy (non-hydrogen) atoms. The molecule has 2 atom stereocenters. The Morgan fingerprint density at radius 2 is 2.14 bits per heavy atom. The lowest BCUT2D eigenvalue weighted by Crippen LogP contribution is -2.39. The van der Waals surface area contributed by atoms with Crippen LogP contribution in [0.5, 0.6) is 0 Å². The first-order valence-electron chi connectivity index (χ1n) is 7.82. The van der Waals surface area contributed by atoms with Gasteiger partial charge in [0.1, 0.15) is 4.21 Å². The van der Waals surface area contributed by atoms with E-state index in [2.05, 4.69) is 19.2 Å². The van der Waals surface area contributed by atoms with Gasteiger partial charge in [-0.15, -0.1) is 11.3 Å². The Morgan fingerprint density at radius 3 is 2.81 bits per heavy atom. The number of nitrogens with zero attached hydrogens (tertiary/aromatic N) is 1. The minimum Gasteiger partial charge on any atom is -0.313 e. The molecule has 1 aromatic heterocycles. The van der Waals surface area contributed by atoms with Gasteiger partial charge >= 0.3 is 0 Å². The summed E-state index contributed by atoms with van der Waals surface area (Å²) in [5.74, 6) is 0. The van der Waals surface area contributed by atoms with Crippen molar-refractivity contribution in [3.05, 3.63) is 17.0 Å². The van der Waals surface area contributed by atoms with Gasteiger partial charge < -0.3 is 5.32 Å². The van der Waals surface area contributed by atoms with Crippen LogP contribution in [0.2, 0.25) is 0 Å². The maximum atomic E-state index is 12.9. The molecule has 0 aromatic carbocycles. The number of thiophene rings is 1. The van der Waals surface area contributed by atoms with Crippen LogP contribution in [-0.4, -0.2) is 31.4 Å². The van der Waals surface area contributed by atoms with Crippen LogP contribution >= 0.6 is 11.3 Å². The summed E-state index contributed by atoms with van der Waals surface area (Å²) in [5.41, 5.74) is 1.06. The lowest BCUT2D eigenvalue weighted by Gasteiger charge is -2.26. The molecule has 1 aliphatic heterocycles. The third-order valence-electron chi connectivity index (χ3n) is 4.10. The zero-order chi connectivity index (χ0) is 15.5. The van der Waals surface area contributed by atoms with E-state index in [9.17, 15) is 8.42 Å². The molecule has 4 nitrogen and oxygen atoms in total. The van der Waals surface area contributed by atoms with Crippen molar-refractivity contribution in [2.24, 2.45) is 0 Å². The number of sulfonamides is 1. The second kappa shape index (κ2) is 7.22. The summed E-state index contributed by atoms with van der Waals surface area (Å²) in [4.78, 5) is 0. The van der Waals surface area contributed by atoms with Crippen molar-refractivity contribution in [3.8, 4) is 0 Å². The van der Waals surface area contributed by atoms with Crippen LogP contribution in [0, 0.1) is 0 Å². The van der Waals surface area contributed by atoms with Crippen molar-refractivity contribution in [2.75, 3.05) is 6.54 Å². The predicted molar refractivity (Wildman–Crippen MR) is 88.1 cm³/mol. The molecular weight excluding hydrogens is 304 g/mol. The van der Waals surface area contributed by atoms with Gasteiger partial charge in [-0.25, -0.2) is 8.42 Å². The lowest BCUT2D eigenvalue weighted by molar-refractivity contribution is 0.329. The first kappa shape index (κ1) is 16.9. The van der Waals surface area contributed by atoms with Crippen LogP contribution in [0.1, 0.15) is 52.0 Å². The van der Waals surface area contributed by atoms with Crippen molar-refractivity contribution in [3.63, 3.8) is 0 Å². The van der Waals surface area contributed by atoms with Crippen LogP contribution in [0.15, 0.2) is 15.7 Å². The molecule has 0 radical (unpaired) electrons. The molecule has 1 saturated heterocycles. The fourth-order valence-electron chi connectivity index (χ4n) is 2.96. The second-order valence-corrected chi connectivity index (χ2v) is 8.76. The molecule has 1 N–H and O–H groups in total. The summed E-state index contributed by atoms with van der Waals surface area (Å²) >= 11 is 1.35. The minimum atomic E-state index is -3.33. The maximum absolute atomic E-state index is 12.9. The first-order valence-corrected chi connectivity index (χ1v) is 10.1. The molecule has 2 heterocycles. The quantitative estimate of drug-likeness (QED) is 0.781. The molecule has 1 aliphatic rings. The van der Waals surface area contributed by atoms with Gasteiger partial charge in [-0.05, 0) is 56.2 Å². The molecule has 6 heteroatoms. The van der Waals surface area contributed by atoms with Gasteiger partial charge in [-0.1, -0.05) is 13.8 Å². The monoisotopic (exact) mass is 330 g/mol. The molecule has 120 valence electrons. The van der Waals surface area contributed by atoms with Crippen molar-refractivity contribution >= 4 is 21.4 Å². The summed E-state index contributed by atoms with van der Waals surface area (Å²) in [6.07, 6.45) is 3.92. The molecule has 2 unspecified atom stereocenters. The fourth-order valence-corrected chi connectivity index (χ4v) is 6.22. The van der Waals surface area contributed by atoms with Crippen LogP contribution in [0.25, 0.3) is 0 Å². The Bertz CT molecular complexity index is 554. The molecule has 0 saturated carbocycles. The van der Waals surface area contributed by atoms with Gasteiger partial charge in [0.2, 0.25) is 0 Å². The van der Waals surface area contributed by atoms with Crippen LogP contribution < -0.4 is 5.32 Å². The SMILES string of the molecule is CCCNCc1csc(S(=O)(=O)N2C(C)CCC2CC)c1. The van der Waals surface area contributed by atoms with Crippen LogP contribution in [-0.2, 0) is 16.6 Å². The smallest absolute Gasteiger partial charge is 0.253 e. The van der Waals surface area contributed by atoms with Crippen molar-refractivity contribution in [2.45, 2.75) is 69.3 Å². The highest BCUT2D eigenvalue weighted by molar-refractivity contribution is 7.91. The van der Waals surface area contributed by atoms with Crippen molar-refractivity contribution in [1.29, 1.82) is 0 Å². The van der Waals surface area contributed by atoms with E-state index in [1.54, 1.807) is 4.31 Å². The Kier molecular flexibility index (Phi) is 5.82. The predicted octanol–water partition coefficient (Wildman–Crippen LogP) is 3.20. The Balaban J connectivity index is 2.15. The van der Waals surface area contributed by atoms with E-state index < -0.39 is 10.0 Å². The average molecular weight is 331 g/mol. The van der Waals surface area contributed by atoms with E-state index in [1.807, 2.05) is 18.4 Å². The van der Waals surface area contributed by atoms with E-state index >= 15 is 0 Å². The molecular formula is C15H26N2O2S2. The lowest BCUT2D eigenvalue weighted by atomic mass is 10.2. The number of nitrogens with one attached hydrogen (secondary N) is 1. The highest BCUT2D eigenvalue weighted by atomic mass is 32.2. The third-order valence-corrected chi connectivity index (χ3v) is 7.63. The summed E-state index contributed by atoms with van der Waals surface area (Å²) in [6, 6.07) is 2.11. The Morgan fingerprint density at radius 1 is 1.38 bits per heavy atom. The third kappa shape index (κ3) is 3.67. The topological polar surface area (TPSA) is 49.4 Å². The molecule has 0 bridgehead atoms. The van der Waals surface area contributed by atoms with E-state index in [1.165, 1.54) is 11.3 Å². The normalized spacial score (nSPS) is 23.8. The molecule has 1 aromatic rings. The van der Waals surface area contributed by atoms with Gasteiger partial charge in [0.05, 0.1) is 0 Å². The van der Waals surface area contributed by atoms with Crippen LogP contribution in [0.4, 0.5) is 0 Å². The molecule has 2 rings (SSSR count). The molecule has 0 aliphatic carbocycles. The zero-order valence-corrected chi connectivity index (χ0v) is 14.8. The molecule has 0 amide bonds. The van der Waals surface area contributed by atoms with Gasteiger partial charge in [-0.3, -0.25) is 0 Å². The van der Waals surface area contributed by atoms with E-state index in [4.69, 9.17) is 0 Å². The number of hydrogen-bond acceptors (Lipinski definition) is 4. The summed E-state index contributed by atoms with van der Waals surface area (Å²) < 4.78 is 28.0.